The summed E-state index contributed by atoms with van der Waals surface area (Å²) in [5.74, 6) is 0. The van der Waals surface area contributed by atoms with Crippen LogP contribution in [0.1, 0.15) is 23.6 Å². The van der Waals surface area contributed by atoms with Crippen molar-refractivity contribution in [3.05, 3.63) is 65.4 Å². The molecule has 0 saturated carbocycles. The van der Waals surface area contributed by atoms with E-state index in [-0.39, 0.29) is 0 Å². The van der Waals surface area contributed by atoms with Gasteiger partial charge in [0.05, 0.1) is 10.4 Å². The Morgan fingerprint density at radius 2 is 1.68 bits per heavy atom. The molecule has 0 bridgehead atoms. The van der Waals surface area contributed by atoms with Crippen molar-refractivity contribution in [2.45, 2.75) is 32.1 Å². The number of nitrogens with zero attached hydrogens (tertiary/aromatic N) is 1. The first-order valence-electron chi connectivity index (χ1n) is 7.36. The van der Waals surface area contributed by atoms with Crippen molar-refractivity contribution in [1.29, 1.82) is 0 Å². The summed E-state index contributed by atoms with van der Waals surface area (Å²) in [5.41, 5.74) is 3.89. The fourth-order valence-corrected chi connectivity index (χ4v) is 4.06. The molecule has 1 aromatic heterocycles. The molecule has 0 N–H and O–H groups in total. The van der Waals surface area contributed by atoms with Crippen LogP contribution in [0.15, 0.2) is 53.6 Å². The van der Waals surface area contributed by atoms with E-state index in [1.54, 1.807) is 18.3 Å². The summed E-state index contributed by atoms with van der Waals surface area (Å²) in [6.45, 7) is 5.95. The van der Waals surface area contributed by atoms with Crippen molar-refractivity contribution in [3.8, 4) is 0 Å². The summed E-state index contributed by atoms with van der Waals surface area (Å²) >= 11 is 0. The average Bonchev–Trinajstić information content (AvgIpc) is 2.85. The van der Waals surface area contributed by atoms with Gasteiger partial charge in [-0.05, 0) is 49.6 Å². The molecule has 0 aliphatic rings. The minimum absolute atomic E-state index is 0.317. The molecule has 3 rings (SSSR count). The fourth-order valence-electron chi connectivity index (χ4n) is 2.65. The third-order valence-electron chi connectivity index (χ3n) is 4.02. The van der Waals surface area contributed by atoms with Crippen molar-refractivity contribution in [2.75, 3.05) is 0 Å². The van der Waals surface area contributed by atoms with Crippen LogP contribution in [0.2, 0.25) is 0 Å². The molecule has 0 aliphatic heterocycles. The highest BCUT2D eigenvalue weighted by molar-refractivity contribution is 7.90. The Balaban J connectivity index is 2.26. The van der Waals surface area contributed by atoms with Crippen LogP contribution in [0.3, 0.4) is 0 Å². The first-order chi connectivity index (χ1) is 10.4. The number of rotatable bonds is 3. The monoisotopic (exact) mass is 313 g/mol. The van der Waals surface area contributed by atoms with E-state index in [4.69, 9.17) is 0 Å². The summed E-state index contributed by atoms with van der Waals surface area (Å²) < 4.78 is 27.3. The Labute approximate surface area is 131 Å². The lowest BCUT2D eigenvalue weighted by molar-refractivity contribution is 0.589. The summed E-state index contributed by atoms with van der Waals surface area (Å²) in [6.07, 6.45) is 2.59. The van der Waals surface area contributed by atoms with E-state index < -0.39 is 10.0 Å². The van der Waals surface area contributed by atoms with Crippen molar-refractivity contribution in [3.63, 3.8) is 0 Å². The molecule has 0 amide bonds. The number of fused-ring (bicyclic) bond motifs is 1. The van der Waals surface area contributed by atoms with Crippen molar-refractivity contribution < 1.29 is 8.42 Å². The Kier molecular flexibility index (Phi) is 3.57. The first kappa shape index (κ1) is 14.9. The predicted molar refractivity (Wildman–Crippen MR) is 89.8 cm³/mol. The zero-order valence-electron chi connectivity index (χ0n) is 13.0. The van der Waals surface area contributed by atoms with E-state index in [9.17, 15) is 8.42 Å². The van der Waals surface area contributed by atoms with Crippen LogP contribution in [0.5, 0.6) is 0 Å². The van der Waals surface area contributed by atoms with E-state index in [0.29, 0.717) is 4.90 Å². The molecule has 0 atom stereocenters. The van der Waals surface area contributed by atoms with Gasteiger partial charge in [0.25, 0.3) is 10.0 Å². The lowest BCUT2D eigenvalue weighted by Crippen LogP contribution is -2.11. The molecule has 0 radical (unpaired) electrons. The largest absolute Gasteiger partial charge is 0.268 e. The smallest absolute Gasteiger partial charge is 0.241 e. The lowest BCUT2D eigenvalue weighted by atomic mass is 10.1. The van der Waals surface area contributed by atoms with Gasteiger partial charge in [-0.3, -0.25) is 0 Å². The molecular weight excluding hydrogens is 294 g/mol. The highest BCUT2D eigenvalue weighted by atomic mass is 32.2. The van der Waals surface area contributed by atoms with Crippen LogP contribution in [0.4, 0.5) is 0 Å². The highest BCUT2D eigenvalue weighted by Crippen LogP contribution is 2.26. The predicted octanol–water partition coefficient (Wildman–Crippen LogP) is 4.06. The second kappa shape index (κ2) is 5.29. The minimum Gasteiger partial charge on any atom is -0.241 e. The second-order valence-electron chi connectivity index (χ2n) is 5.63. The zero-order chi connectivity index (χ0) is 15.9. The van der Waals surface area contributed by atoms with Gasteiger partial charge in [-0.15, -0.1) is 0 Å². The van der Waals surface area contributed by atoms with Crippen molar-refractivity contribution >= 4 is 20.9 Å². The number of aryl methyl sites for hydroxylation is 3. The van der Waals surface area contributed by atoms with Crippen LogP contribution in [-0.4, -0.2) is 12.4 Å². The molecule has 114 valence electrons. The maximum Gasteiger partial charge on any atom is 0.268 e. The van der Waals surface area contributed by atoms with Gasteiger partial charge in [0.15, 0.2) is 0 Å². The van der Waals surface area contributed by atoms with Crippen LogP contribution in [0, 0.1) is 13.8 Å². The van der Waals surface area contributed by atoms with Gasteiger partial charge in [0, 0.05) is 11.6 Å². The molecular formula is C18H19NO2S. The van der Waals surface area contributed by atoms with Crippen molar-refractivity contribution in [2.24, 2.45) is 0 Å². The van der Waals surface area contributed by atoms with Crippen LogP contribution in [0.25, 0.3) is 10.9 Å². The third kappa shape index (κ3) is 2.33. The van der Waals surface area contributed by atoms with Gasteiger partial charge >= 0.3 is 0 Å². The minimum atomic E-state index is -3.57. The number of hydrogen-bond donors (Lipinski definition) is 0. The number of aromatic nitrogens is 1. The van der Waals surface area contributed by atoms with E-state index in [1.807, 2.05) is 38.1 Å². The van der Waals surface area contributed by atoms with E-state index in [0.717, 1.165) is 34.0 Å². The maximum atomic E-state index is 12.9. The molecule has 0 unspecified atom stereocenters. The van der Waals surface area contributed by atoms with Crippen LogP contribution < -0.4 is 0 Å². The standard InChI is InChI=1S/C18H19NO2S/c1-4-15-7-10-17-14(3)12-19(18(17)11-15)22(20,21)16-8-5-13(2)6-9-16/h5-12H,4H2,1-3H3. The van der Waals surface area contributed by atoms with Crippen LogP contribution >= 0.6 is 0 Å². The quantitative estimate of drug-likeness (QED) is 0.731. The normalized spacial score (nSPS) is 12.0. The Hall–Kier alpha value is -2.07. The summed E-state index contributed by atoms with van der Waals surface area (Å²) in [7, 11) is -3.57. The SMILES string of the molecule is CCc1ccc2c(C)cn(S(=O)(=O)c3ccc(C)cc3)c2c1. The van der Waals surface area contributed by atoms with Crippen LogP contribution in [-0.2, 0) is 16.4 Å². The van der Waals surface area contributed by atoms with Gasteiger partial charge in [0.2, 0.25) is 0 Å². The number of benzene rings is 2. The Morgan fingerprint density at radius 1 is 1.00 bits per heavy atom. The number of hydrogen-bond acceptors (Lipinski definition) is 2. The van der Waals surface area contributed by atoms with E-state index >= 15 is 0 Å². The second-order valence-corrected chi connectivity index (χ2v) is 7.45. The molecule has 3 nitrogen and oxygen atoms in total. The molecule has 0 aliphatic carbocycles. The molecule has 2 aromatic carbocycles. The topological polar surface area (TPSA) is 39.1 Å². The average molecular weight is 313 g/mol. The van der Waals surface area contributed by atoms with Crippen molar-refractivity contribution in [1.82, 2.24) is 3.97 Å². The van der Waals surface area contributed by atoms with Gasteiger partial charge in [-0.25, -0.2) is 12.4 Å². The maximum absolute atomic E-state index is 12.9. The first-order valence-corrected chi connectivity index (χ1v) is 8.80. The molecule has 22 heavy (non-hydrogen) atoms. The van der Waals surface area contributed by atoms with E-state index in [2.05, 4.69) is 13.0 Å². The Bertz CT molecular complexity index is 935. The molecule has 3 aromatic rings. The highest BCUT2D eigenvalue weighted by Gasteiger charge is 2.20. The molecule has 0 spiro atoms. The van der Waals surface area contributed by atoms with Gasteiger partial charge in [-0.2, -0.15) is 0 Å². The Morgan fingerprint density at radius 3 is 2.32 bits per heavy atom. The summed E-state index contributed by atoms with van der Waals surface area (Å²) in [4.78, 5) is 0.317. The molecule has 0 fully saturated rings. The molecule has 1 heterocycles. The van der Waals surface area contributed by atoms with E-state index in [1.165, 1.54) is 3.97 Å². The fraction of sp³-hybridized carbons (Fsp3) is 0.222. The lowest BCUT2D eigenvalue weighted by Gasteiger charge is -2.08. The third-order valence-corrected chi connectivity index (χ3v) is 5.71. The van der Waals surface area contributed by atoms with Gasteiger partial charge < -0.3 is 0 Å². The molecule has 0 saturated heterocycles. The van der Waals surface area contributed by atoms with Gasteiger partial charge in [0.1, 0.15) is 0 Å². The van der Waals surface area contributed by atoms with Gasteiger partial charge in [-0.1, -0.05) is 36.8 Å². The summed E-state index contributed by atoms with van der Waals surface area (Å²) in [5, 5.41) is 0.980. The zero-order valence-corrected chi connectivity index (χ0v) is 13.8. The molecule has 4 heteroatoms. The summed E-state index contributed by atoms with van der Waals surface area (Å²) in [6, 6.07) is 13.0.